The van der Waals surface area contributed by atoms with Crippen LogP contribution in [0.1, 0.15) is 20.3 Å². The first-order valence-corrected chi connectivity index (χ1v) is 7.71. The molecule has 1 fully saturated rings. The van der Waals surface area contributed by atoms with Gasteiger partial charge < -0.3 is 10.1 Å². The van der Waals surface area contributed by atoms with Gasteiger partial charge in [-0.3, -0.25) is 9.69 Å². The van der Waals surface area contributed by atoms with E-state index in [0.717, 1.165) is 13.1 Å². The molecule has 21 heavy (non-hydrogen) atoms. The molecule has 116 valence electrons. The number of rotatable bonds is 4. The fourth-order valence-corrected chi connectivity index (χ4v) is 3.33. The van der Waals surface area contributed by atoms with Gasteiger partial charge in [-0.05, 0) is 36.5 Å². The quantitative estimate of drug-likeness (QED) is 0.928. The normalized spacial score (nSPS) is 22.9. The molecular weight excluding hydrogens is 288 g/mol. The summed E-state index contributed by atoms with van der Waals surface area (Å²) in [4.78, 5) is 14.4. The molecule has 1 saturated heterocycles. The number of piperidine rings is 1. The number of ether oxygens (including phenoxy) is 1. The second-order valence-electron chi connectivity index (χ2n) is 6.04. The van der Waals surface area contributed by atoms with E-state index >= 15 is 0 Å². The number of amides is 1. The number of likely N-dealkylation sites (tertiary alicyclic amines) is 1. The van der Waals surface area contributed by atoms with Gasteiger partial charge in [0.15, 0.2) is 0 Å². The van der Waals surface area contributed by atoms with Crippen molar-refractivity contribution in [3.8, 4) is 5.75 Å². The number of benzene rings is 1. The molecule has 0 aliphatic carbocycles. The van der Waals surface area contributed by atoms with Crippen LogP contribution in [-0.2, 0) is 4.79 Å². The number of anilines is 1. The van der Waals surface area contributed by atoms with Gasteiger partial charge >= 0.3 is 0 Å². The largest absolute Gasteiger partial charge is 0.495 e. The topological polar surface area (TPSA) is 41.6 Å². The van der Waals surface area contributed by atoms with Crippen LogP contribution < -0.4 is 10.1 Å². The smallest absolute Gasteiger partial charge is 0.238 e. The van der Waals surface area contributed by atoms with Crippen molar-refractivity contribution >= 4 is 23.2 Å². The zero-order valence-electron chi connectivity index (χ0n) is 12.9. The number of carbonyl (C=O) groups is 1. The third kappa shape index (κ3) is 4.61. The Kier molecular flexibility index (Phi) is 5.48. The van der Waals surface area contributed by atoms with Crippen molar-refractivity contribution in [3.05, 3.63) is 23.2 Å². The first-order valence-electron chi connectivity index (χ1n) is 7.33. The van der Waals surface area contributed by atoms with Crippen molar-refractivity contribution in [2.24, 2.45) is 11.8 Å². The standard InChI is InChI=1S/C16H23ClN2O2/c1-11-6-12(2)9-19(8-11)10-16(20)18-13-4-5-15(21-3)14(17)7-13/h4-5,7,11-12H,6,8-10H2,1-3H3,(H,18,20)/t11-,12-/m1/s1. The van der Waals surface area contributed by atoms with Crippen LogP contribution in [0.15, 0.2) is 18.2 Å². The van der Waals surface area contributed by atoms with E-state index in [1.807, 2.05) is 0 Å². The van der Waals surface area contributed by atoms with Crippen LogP contribution in [-0.4, -0.2) is 37.6 Å². The van der Waals surface area contributed by atoms with E-state index in [4.69, 9.17) is 16.3 Å². The molecule has 1 aliphatic heterocycles. The Balaban J connectivity index is 1.91. The van der Waals surface area contributed by atoms with E-state index < -0.39 is 0 Å². The molecule has 0 saturated carbocycles. The summed E-state index contributed by atoms with van der Waals surface area (Å²) in [5.41, 5.74) is 0.698. The van der Waals surface area contributed by atoms with Gasteiger partial charge in [0.25, 0.3) is 0 Å². The molecule has 0 radical (unpaired) electrons. The molecule has 1 heterocycles. The minimum absolute atomic E-state index is 0.00228. The monoisotopic (exact) mass is 310 g/mol. The molecule has 2 atom stereocenters. The van der Waals surface area contributed by atoms with Crippen molar-refractivity contribution in [2.45, 2.75) is 20.3 Å². The summed E-state index contributed by atoms with van der Waals surface area (Å²) in [6, 6.07) is 5.26. The molecule has 0 spiro atoms. The van der Waals surface area contributed by atoms with Crippen LogP contribution in [0.4, 0.5) is 5.69 Å². The van der Waals surface area contributed by atoms with Crippen molar-refractivity contribution in [3.63, 3.8) is 0 Å². The van der Waals surface area contributed by atoms with Crippen LogP contribution in [0.5, 0.6) is 5.75 Å². The third-order valence-corrected chi connectivity index (χ3v) is 4.04. The van der Waals surface area contributed by atoms with Gasteiger partial charge in [-0.1, -0.05) is 25.4 Å². The van der Waals surface area contributed by atoms with Gasteiger partial charge in [0.2, 0.25) is 5.91 Å². The zero-order chi connectivity index (χ0) is 15.4. The van der Waals surface area contributed by atoms with Gasteiger partial charge in [0, 0.05) is 18.8 Å². The lowest BCUT2D eigenvalue weighted by Crippen LogP contribution is -2.42. The molecule has 1 aromatic rings. The van der Waals surface area contributed by atoms with Crippen LogP contribution >= 0.6 is 11.6 Å². The van der Waals surface area contributed by atoms with E-state index in [2.05, 4.69) is 24.1 Å². The minimum Gasteiger partial charge on any atom is -0.495 e. The highest BCUT2D eigenvalue weighted by Crippen LogP contribution is 2.27. The maximum Gasteiger partial charge on any atom is 0.238 e. The fourth-order valence-electron chi connectivity index (χ4n) is 3.07. The van der Waals surface area contributed by atoms with Crippen LogP contribution in [0, 0.1) is 11.8 Å². The van der Waals surface area contributed by atoms with Gasteiger partial charge in [0.05, 0.1) is 18.7 Å². The Morgan fingerprint density at radius 3 is 2.62 bits per heavy atom. The van der Waals surface area contributed by atoms with E-state index in [1.54, 1.807) is 25.3 Å². The molecule has 0 aromatic heterocycles. The first kappa shape index (κ1) is 16.1. The molecule has 1 aromatic carbocycles. The number of hydrogen-bond acceptors (Lipinski definition) is 3. The minimum atomic E-state index is -0.00228. The molecule has 1 N–H and O–H groups in total. The molecular formula is C16H23ClN2O2. The highest BCUT2D eigenvalue weighted by atomic mass is 35.5. The van der Waals surface area contributed by atoms with E-state index in [1.165, 1.54) is 6.42 Å². The number of nitrogens with one attached hydrogen (secondary N) is 1. The lowest BCUT2D eigenvalue weighted by atomic mass is 9.92. The highest BCUT2D eigenvalue weighted by Gasteiger charge is 2.23. The molecule has 2 rings (SSSR count). The maximum atomic E-state index is 12.1. The molecule has 1 aliphatic rings. The predicted octanol–water partition coefficient (Wildman–Crippen LogP) is 3.27. The number of hydrogen-bond donors (Lipinski definition) is 1. The van der Waals surface area contributed by atoms with Crippen LogP contribution in [0.2, 0.25) is 5.02 Å². The van der Waals surface area contributed by atoms with Crippen molar-refractivity contribution < 1.29 is 9.53 Å². The van der Waals surface area contributed by atoms with Gasteiger partial charge in [0.1, 0.15) is 5.75 Å². The lowest BCUT2D eigenvalue weighted by Gasteiger charge is -2.34. The second kappa shape index (κ2) is 7.14. The molecule has 5 heteroatoms. The lowest BCUT2D eigenvalue weighted by molar-refractivity contribution is -0.117. The average molecular weight is 311 g/mol. The van der Waals surface area contributed by atoms with Crippen LogP contribution in [0.3, 0.4) is 0 Å². The van der Waals surface area contributed by atoms with Gasteiger partial charge in [-0.2, -0.15) is 0 Å². The number of halogens is 1. The molecule has 0 unspecified atom stereocenters. The Bertz CT molecular complexity index is 497. The third-order valence-electron chi connectivity index (χ3n) is 3.75. The van der Waals surface area contributed by atoms with Crippen molar-refractivity contribution in [2.75, 3.05) is 32.1 Å². The summed E-state index contributed by atoms with van der Waals surface area (Å²) in [5, 5.41) is 3.39. The summed E-state index contributed by atoms with van der Waals surface area (Å²) < 4.78 is 5.10. The Labute approximate surface area is 131 Å². The summed E-state index contributed by atoms with van der Waals surface area (Å²) in [6.45, 7) is 6.88. The summed E-state index contributed by atoms with van der Waals surface area (Å²) >= 11 is 6.06. The van der Waals surface area contributed by atoms with Gasteiger partial charge in [-0.15, -0.1) is 0 Å². The second-order valence-corrected chi connectivity index (χ2v) is 6.44. The van der Waals surface area contributed by atoms with E-state index in [-0.39, 0.29) is 5.91 Å². The van der Waals surface area contributed by atoms with Crippen LogP contribution in [0.25, 0.3) is 0 Å². The van der Waals surface area contributed by atoms with Gasteiger partial charge in [-0.25, -0.2) is 0 Å². The SMILES string of the molecule is COc1ccc(NC(=O)CN2C[C@H](C)C[C@@H](C)C2)cc1Cl. The zero-order valence-corrected chi connectivity index (χ0v) is 13.6. The molecule has 0 bridgehead atoms. The summed E-state index contributed by atoms with van der Waals surface area (Å²) in [6.07, 6.45) is 1.24. The number of methoxy groups -OCH3 is 1. The predicted molar refractivity (Wildman–Crippen MR) is 86.0 cm³/mol. The Hall–Kier alpha value is -1.26. The van der Waals surface area contributed by atoms with E-state index in [0.29, 0.717) is 34.8 Å². The Morgan fingerprint density at radius 1 is 1.38 bits per heavy atom. The number of carbonyl (C=O) groups excluding carboxylic acids is 1. The summed E-state index contributed by atoms with van der Waals surface area (Å²) in [5.74, 6) is 1.90. The maximum absolute atomic E-state index is 12.1. The van der Waals surface area contributed by atoms with Crippen molar-refractivity contribution in [1.82, 2.24) is 4.90 Å². The Morgan fingerprint density at radius 2 is 2.05 bits per heavy atom. The first-order chi connectivity index (χ1) is 9.97. The fraction of sp³-hybridized carbons (Fsp3) is 0.562. The average Bonchev–Trinajstić information content (AvgIpc) is 2.37. The summed E-state index contributed by atoms with van der Waals surface area (Å²) in [7, 11) is 1.57. The molecule has 1 amide bonds. The van der Waals surface area contributed by atoms with Crippen molar-refractivity contribution in [1.29, 1.82) is 0 Å². The molecule has 4 nitrogen and oxygen atoms in total. The highest BCUT2D eigenvalue weighted by molar-refractivity contribution is 6.32. The van der Waals surface area contributed by atoms with E-state index in [9.17, 15) is 4.79 Å². The number of nitrogens with zero attached hydrogens (tertiary/aromatic N) is 1.